The molecule has 0 bridgehead atoms. The minimum absolute atomic E-state index is 0.0639. The molecule has 0 aliphatic carbocycles. The van der Waals surface area contributed by atoms with Crippen LogP contribution in [0.2, 0.25) is 19.6 Å². The van der Waals surface area contributed by atoms with Crippen molar-refractivity contribution < 1.29 is 10.2 Å². The molecule has 2 aromatic heterocycles. The van der Waals surface area contributed by atoms with Crippen LogP contribution >= 0.6 is 0 Å². The monoisotopic (exact) mass is 754 g/mol. The van der Waals surface area contributed by atoms with Crippen LogP contribution in [-0.2, 0) is 21.7 Å². The van der Waals surface area contributed by atoms with E-state index < -0.39 is 20.3 Å². The van der Waals surface area contributed by atoms with E-state index in [-0.39, 0.29) is 27.6 Å². The zero-order valence-corrected chi connectivity index (χ0v) is 37.2. The number of aromatic nitrogens is 2. The first kappa shape index (κ1) is 42.1. The van der Waals surface area contributed by atoms with Gasteiger partial charge in [-0.25, -0.2) is 0 Å². The predicted octanol–water partition coefficient (Wildman–Crippen LogP) is 12.1. The molecule has 292 valence electrons. The summed E-state index contributed by atoms with van der Waals surface area (Å²) in [6.07, 6.45) is -1.66. The maximum atomic E-state index is 11.9. The average Bonchev–Trinajstić information content (AvgIpc) is 3.76. The van der Waals surface area contributed by atoms with E-state index in [1.165, 1.54) is 22.3 Å². The van der Waals surface area contributed by atoms with Gasteiger partial charge in [-0.15, -0.1) is 5.54 Å². The molecule has 3 aromatic carbocycles. The molecular formula is C50H66N2O2Si. The van der Waals surface area contributed by atoms with Gasteiger partial charge in [0.2, 0.25) is 0 Å². The Hall–Kier alpha value is -4.08. The zero-order chi connectivity index (χ0) is 40.9. The van der Waals surface area contributed by atoms with Crippen molar-refractivity contribution in [3.05, 3.63) is 152 Å². The van der Waals surface area contributed by atoms with Crippen LogP contribution in [0.1, 0.15) is 168 Å². The van der Waals surface area contributed by atoms with Crippen LogP contribution < -0.4 is 0 Å². The molecule has 0 saturated carbocycles. The molecule has 0 radical (unpaired) electrons. The SMILES string of the molecule is CC(C)(C)c1cc(C(O)c2ccc(C(c3ccc(C#C[Si](C)(C)C)cc3)c3ccc(C(O)c4cc(C(C)(C)C)cc(C(C)(C)C)c4)[nH]3)[nH]2)cc(C(C)(C)C)c1. The van der Waals surface area contributed by atoms with E-state index in [0.717, 1.165) is 45.0 Å². The van der Waals surface area contributed by atoms with E-state index in [4.69, 9.17) is 0 Å². The Morgan fingerprint density at radius 3 is 1.09 bits per heavy atom. The standard InChI is InChI=1S/C50H66N2O2Si/c1-47(2,3)36-26-34(27-37(30-36)48(4,5)6)45(53)42-22-20-40(51-42)44(33-18-16-32(17-19-33)24-25-55(13,14)15)41-21-23-43(52-41)46(54)35-28-38(49(7,8)9)31-39(29-35)50(10,11)12/h16-23,26-31,44-46,51-54H,1-15H3. The fourth-order valence-corrected chi connectivity index (χ4v) is 7.29. The van der Waals surface area contributed by atoms with Crippen LogP contribution in [0, 0.1) is 11.5 Å². The van der Waals surface area contributed by atoms with Gasteiger partial charge in [0.05, 0.1) is 5.92 Å². The van der Waals surface area contributed by atoms with Crippen molar-refractivity contribution in [3.8, 4) is 11.5 Å². The van der Waals surface area contributed by atoms with Crippen molar-refractivity contribution in [2.24, 2.45) is 0 Å². The van der Waals surface area contributed by atoms with Gasteiger partial charge in [-0.2, -0.15) is 0 Å². The molecule has 5 heteroatoms. The maximum absolute atomic E-state index is 11.9. The highest BCUT2D eigenvalue weighted by molar-refractivity contribution is 6.83. The summed E-state index contributed by atoms with van der Waals surface area (Å²) in [6, 6.07) is 29.8. The summed E-state index contributed by atoms with van der Waals surface area (Å²) in [4.78, 5) is 7.30. The van der Waals surface area contributed by atoms with Gasteiger partial charge in [0.1, 0.15) is 20.3 Å². The quantitative estimate of drug-likeness (QED) is 0.0987. The summed E-state index contributed by atoms with van der Waals surface area (Å²) in [5, 5.41) is 23.9. The van der Waals surface area contributed by atoms with Crippen LogP contribution in [0.5, 0.6) is 0 Å². The molecule has 0 saturated heterocycles. The predicted molar refractivity (Wildman–Crippen MR) is 235 cm³/mol. The Balaban J connectivity index is 1.59. The van der Waals surface area contributed by atoms with Gasteiger partial charge in [0.15, 0.2) is 0 Å². The summed E-state index contributed by atoms with van der Waals surface area (Å²) in [6.45, 7) is 33.4. The smallest absolute Gasteiger partial charge is 0.129 e. The summed E-state index contributed by atoms with van der Waals surface area (Å²) in [5.74, 6) is 3.18. The average molecular weight is 755 g/mol. The summed E-state index contributed by atoms with van der Waals surface area (Å²) in [5.41, 5.74) is 15.3. The molecule has 0 spiro atoms. The van der Waals surface area contributed by atoms with E-state index in [1.807, 2.05) is 12.1 Å². The van der Waals surface area contributed by atoms with Crippen LogP contribution in [0.3, 0.4) is 0 Å². The lowest BCUT2D eigenvalue weighted by atomic mass is 9.79. The van der Waals surface area contributed by atoms with E-state index in [2.05, 4.69) is 197 Å². The Morgan fingerprint density at radius 1 is 0.455 bits per heavy atom. The second kappa shape index (κ2) is 15.1. The van der Waals surface area contributed by atoms with Crippen molar-refractivity contribution in [2.75, 3.05) is 0 Å². The zero-order valence-electron chi connectivity index (χ0n) is 36.2. The fourth-order valence-electron chi connectivity index (χ4n) is 6.77. The first-order chi connectivity index (χ1) is 25.2. The Bertz CT molecular complexity index is 1990. The third kappa shape index (κ3) is 10.2. The maximum Gasteiger partial charge on any atom is 0.129 e. The molecule has 0 amide bonds. The summed E-state index contributed by atoms with van der Waals surface area (Å²) >= 11 is 0. The van der Waals surface area contributed by atoms with Crippen molar-refractivity contribution in [3.63, 3.8) is 0 Å². The van der Waals surface area contributed by atoms with Crippen molar-refractivity contribution in [2.45, 2.75) is 143 Å². The first-order valence-corrected chi connectivity index (χ1v) is 23.4. The Morgan fingerprint density at radius 2 is 0.782 bits per heavy atom. The lowest BCUT2D eigenvalue weighted by Gasteiger charge is -2.27. The first-order valence-electron chi connectivity index (χ1n) is 19.9. The number of hydrogen-bond acceptors (Lipinski definition) is 2. The van der Waals surface area contributed by atoms with Crippen molar-refractivity contribution >= 4 is 8.07 Å². The van der Waals surface area contributed by atoms with E-state index in [1.54, 1.807) is 0 Å². The highest BCUT2D eigenvalue weighted by Gasteiger charge is 2.28. The third-order valence-electron chi connectivity index (χ3n) is 10.5. The molecule has 4 N–H and O–H groups in total. The van der Waals surface area contributed by atoms with E-state index in [0.29, 0.717) is 0 Å². The molecule has 0 aliphatic heterocycles. The molecule has 4 nitrogen and oxygen atoms in total. The number of aliphatic hydroxyl groups is 2. The minimum Gasteiger partial charge on any atom is -0.382 e. The van der Waals surface area contributed by atoms with Gasteiger partial charge >= 0.3 is 0 Å². The lowest BCUT2D eigenvalue weighted by Crippen LogP contribution is -2.18. The number of hydrogen-bond donors (Lipinski definition) is 4. The Kier molecular flexibility index (Phi) is 11.6. The van der Waals surface area contributed by atoms with Crippen LogP contribution in [-0.4, -0.2) is 28.3 Å². The van der Waals surface area contributed by atoms with Crippen LogP contribution in [0.15, 0.2) is 84.9 Å². The van der Waals surface area contributed by atoms with Gasteiger partial charge in [0, 0.05) is 28.3 Å². The number of rotatable bonds is 7. The molecule has 0 fully saturated rings. The lowest BCUT2D eigenvalue weighted by molar-refractivity contribution is 0.215. The fraction of sp³-hybridized carbons (Fsp3) is 0.440. The van der Waals surface area contributed by atoms with Crippen molar-refractivity contribution in [1.82, 2.24) is 9.97 Å². The molecule has 55 heavy (non-hydrogen) atoms. The largest absolute Gasteiger partial charge is 0.382 e. The second-order valence-corrected chi connectivity index (χ2v) is 25.5. The number of benzene rings is 3. The molecule has 2 atom stereocenters. The minimum atomic E-state index is -1.53. The molecule has 2 unspecified atom stereocenters. The van der Waals surface area contributed by atoms with Gasteiger partial charge in [-0.1, -0.05) is 157 Å². The second-order valence-electron chi connectivity index (χ2n) is 20.8. The normalized spacial score (nSPS) is 14.6. The van der Waals surface area contributed by atoms with Gasteiger partial charge in [-0.05, 0) is 97.0 Å². The summed E-state index contributed by atoms with van der Waals surface area (Å²) < 4.78 is 0. The molecular weight excluding hydrogens is 689 g/mol. The molecule has 5 rings (SSSR count). The van der Waals surface area contributed by atoms with Crippen LogP contribution in [0.25, 0.3) is 0 Å². The van der Waals surface area contributed by atoms with Gasteiger partial charge < -0.3 is 20.2 Å². The number of nitrogens with one attached hydrogen (secondary N) is 2. The van der Waals surface area contributed by atoms with Gasteiger partial charge in [0.25, 0.3) is 0 Å². The molecule has 0 aliphatic rings. The Labute approximate surface area is 333 Å². The van der Waals surface area contributed by atoms with Gasteiger partial charge in [-0.3, -0.25) is 0 Å². The van der Waals surface area contributed by atoms with Crippen LogP contribution in [0.4, 0.5) is 0 Å². The number of aromatic amines is 2. The number of aliphatic hydroxyl groups excluding tert-OH is 2. The van der Waals surface area contributed by atoms with E-state index in [9.17, 15) is 10.2 Å². The van der Waals surface area contributed by atoms with E-state index >= 15 is 0 Å². The number of H-pyrrole nitrogens is 2. The summed E-state index contributed by atoms with van der Waals surface area (Å²) in [7, 11) is -1.53. The topological polar surface area (TPSA) is 72.0 Å². The van der Waals surface area contributed by atoms with Crippen molar-refractivity contribution in [1.29, 1.82) is 0 Å². The highest BCUT2D eigenvalue weighted by Crippen LogP contribution is 2.38. The molecule has 5 aromatic rings. The third-order valence-corrected chi connectivity index (χ3v) is 11.4. The highest BCUT2D eigenvalue weighted by atomic mass is 28.3. The molecule has 2 heterocycles.